The summed E-state index contributed by atoms with van der Waals surface area (Å²) in [6.45, 7) is 1.65. The summed E-state index contributed by atoms with van der Waals surface area (Å²) in [4.78, 5) is 61.2. The lowest BCUT2D eigenvalue weighted by Gasteiger charge is -1.95. The highest BCUT2D eigenvalue weighted by Crippen LogP contribution is 2.05. The first-order valence-corrected chi connectivity index (χ1v) is 12.7. The van der Waals surface area contributed by atoms with Gasteiger partial charge in [-0.2, -0.15) is 0 Å². The van der Waals surface area contributed by atoms with Gasteiger partial charge in [0.25, 0.3) is 0 Å². The number of hydrogen-bond acceptors (Lipinski definition) is 8. The van der Waals surface area contributed by atoms with Crippen LogP contribution < -0.4 is 11.5 Å². The van der Waals surface area contributed by atoms with Gasteiger partial charge in [0, 0.05) is 12.8 Å². The largest absolute Gasteiger partial charge is 0.481 e. The lowest BCUT2D eigenvalue weighted by Crippen LogP contribution is -2.01. The minimum absolute atomic E-state index is 0.0186. The molecule has 0 aromatic heterocycles. The average molecular weight is 595 g/mol. The van der Waals surface area contributed by atoms with Gasteiger partial charge in [-0.3, -0.25) is 9.59 Å². The van der Waals surface area contributed by atoms with Gasteiger partial charge in [-0.05, 0) is 81.2 Å². The second-order valence-electron chi connectivity index (χ2n) is 8.36. The molecule has 0 aliphatic heterocycles. The zero-order chi connectivity index (χ0) is 32.5. The minimum atomic E-state index is -1.13. The Morgan fingerprint density at radius 1 is 0.452 bits per heavy atom. The Bertz CT molecular complexity index is 1050. The number of benzene rings is 2. The monoisotopic (exact) mass is 594 g/mol. The minimum Gasteiger partial charge on any atom is -0.481 e. The molecule has 10 N–H and O–H groups in total. The predicted molar refractivity (Wildman–Crippen MR) is 151 cm³/mol. The van der Waals surface area contributed by atoms with Gasteiger partial charge in [0.1, 0.15) is 0 Å². The first-order valence-electron chi connectivity index (χ1n) is 12.7. The Balaban J connectivity index is 0. The van der Waals surface area contributed by atoms with Crippen LogP contribution in [0.1, 0.15) is 92.8 Å². The maximum absolute atomic E-state index is 10.4. The van der Waals surface area contributed by atoms with E-state index in [-0.39, 0.29) is 35.1 Å². The number of aliphatic carboxylic acids is 2. The normalized spacial score (nSPS) is 9.38. The van der Waals surface area contributed by atoms with Crippen molar-refractivity contribution in [2.75, 3.05) is 13.1 Å². The first kappa shape index (κ1) is 39.3. The molecule has 0 aliphatic carbocycles. The van der Waals surface area contributed by atoms with Crippen LogP contribution in [-0.4, -0.2) is 79.5 Å². The maximum Gasteiger partial charge on any atom is 0.335 e. The molecular weight excluding hydrogens is 556 g/mol. The number of carbonyl (C=O) groups is 6. The predicted octanol–water partition coefficient (Wildman–Crippen LogP) is 3.35. The molecule has 0 aliphatic rings. The summed E-state index contributed by atoms with van der Waals surface area (Å²) in [6.07, 6.45) is 5.81. The van der Waals surface area contributed by atoms with Crippen molar-refractivity contribution in [1.29, 1.82) is 0 Å². The fraction of sp³-hybridized carbons (Fsp3) is 0.357. The molecule has 0 unspecified atom stereocenters. The summed E-state index contributed by atoms with van der Waals surface area (Å²) in [6, 6.07) is 10.2. The highest BCUT2D eigenvalue weighted by atomic mass is 16.4. The lowest BCUT2D eigenvalue weighted by molar-refractivity contribution is -0.139. The van der Waals surface area contributed by atoms with Crippen molar-refractivity contribution >= 4 is 35.8 Å². The van der Waals surface area contributed by atoms with Crippen LogP contribution in [0.4, 0.5) is 0 Å². The van der Waals surface area contributed by atoms with Crippen LogP contribution in [0.5, 0.6) is 0 Å². The van der Waals surface area contributed by atoms with Crippen molar-refractivity contribution in [1.82, 2.24) is 0 Å². The van der Waals surface area contributed by atoms with Gasteiger partial charge in [0.15, 0.2) is 0 Å². The average Bonchev–Trinajstić information content (AvgIpc) is 2.94. The Hall–Kier alpha value is -4.82. The van der Waals surface area contributed by atoms with Gasteiger partial charge >= 0.3 is 35.8 Å². The molecule has 0 spiro atoms. The third-order valence-electron chi connectivity index (χ3n) is 4.92. The third kappa shape index (κ3) is 22.0. The second-order valence-corrected chi connectivity index (χ2v) is 8.36. The molecule has 0 heterocycles. The van der Waals surface area contributed by atoms with Crippen molar-refractivity contribution in [3.05, 3.63) is 70.8 Å². The van der Waals surface area contributed by atoms with Crippen LogP contribution in [0, 0.1) is 0 Å². The van der Waals surface area contributed by atoms with Crippen LogP contribution in [0.2, 0.25) is 0 Å². The van der Waals surface area contributed by atoms with Gasteiger partial charge < -0.3 is 42.1 Å². The van der Waals surface area contributed by atoms with E-state index in [1.807, 2.05) is 0 Å². The van der Waals surface area contributed by atoms with Crippen LogP contribution in [-0.2, 0) is 9.59 Å². The van der Waals surface area contributed by atoms with Gasteiger partial charge in [-0.1, -0.05) is 18.9 Å². The SMILES string of the molecule is NCCCCCCN.O=C(O)CCCCC(=O)O.O=C(O)c1ccc(C(=O)O)cc1.O=C(O)c1cccc(C(=O)O)c1. The fourth-order valence-corrected chi connectivity index (χ4v) is 2.74. The molecule has 0 radical (unpaired) electrons. The smallest absolute Gasteiger partial charge is 0.335 e. The van der Waals surface area contributed by atoms with Gasteiger partial charge in [0.05, 0.1) is 22.3 Å². The molecule has 0 amide bonds. The molecule has 14 heteroatoms. The summed E-state index contributed by atoms with van der Waals surface area (Å²) >= 11 is 0. The molecule has 42 heavy (non-hydrogen) atoms. The van der Waals surface area contributed by atoms with E-state index in [0.29, 0.717) is 12.8 Å². The summed E-state index contributed by atoms with van der Waals surface area (Å²) in [7, 11) is 0. The maximum atomic E-state index is 10.4. The standard InChI is InChI=1S/2C8H6O4.C6H16N2.C6H10O4/c9-7(10)5-1-2-6(4-3-5)8(11)12;9-7(10)5-2-1-3-6(4-5)8(11)12;7-5-3-1-2-4-6-8;7-5(8)3-1-2-4-6(9)10/h2*1-4H,(H,9,10)(H,11,12);1-8H2;1-4H2,(H,7,8)(H,9,10). The molecular formula is C28H38N2O12. The topological polar surface area (TPSA) is 276 Å². The highest BCUT2D eigenvalue weighted by molar-refractivity contribution is 5.93. The van der Waals surface area contributed by atoms with E-state index in [9.17, 15) is 28.8 Å². The molecule has 0 atom stereocenters. The number of carboxylic acids is 6. The van der Waals surface area contributed by atoms with Crippen molar-refractivity contribution in [3.8, 4) is 0 Å². The van der Waals surface area contributed by atoms with Gasteiger partial charge in [0.2, 0.25) is 0 Å². The van der Waals surface area contributed by atoms with Crippen LogP contribution in [0.3, 0.4) is 0 Å². The van der Waals surface area contributed by atoms with Crippen molar-refractivity contribution in [2.45, 2.75) is 51.4 Å². The van der Waals surface area contributed by atoms with E-state index in [1.165, 1.54) is 55.3 Å². The Morgan fingerprint density at radius 3 is 1.00 bits per heavy atom. The third-order valence-corrected chi connectivity index (χ3v) is 4.92. The molecule has 0 saturated heterocycles. The number of rotatable bonds is 14. The van der Waals surface area contributed by atoms with Crippen LogP contribution >= 0.6 is 0 Å². The van der Waals surface area contributed by atoms with Crippen molar-refractivity contribution < 1.29 is 59.4 Å². The van der Waals surface area contributed by atoms with Crippen molar-refractivity contribution in [3.63, 3.8) is 0 Å². The number of nitrogens with two attached hydrogens (primary N) is 2. The van der Waals surface area contributed by atoms with Crippen LogP contribution in [0.25, 0.3) is 0 Å². The molecule has 0 fully saturated rings. The van der Waals surface area contributed by atoms with E-state index >= 15 is 0 Å². The van der Waals surface area contributed by atoms with Gasteiger partial charge in [-0.15, -0.1) is 0 Å². The van der Waals surface area contributed by atoms with E-state index in [1.54, 1.807) is 0 Å². The molecule has 2 rings (SSSR count). The zero-order valence-corrected chi connectivity index (χ0v) is 23.0. The summed E-state index contributed by atoms with van der Waals surface area (Å²) in [5.74, 6) is -6.12. The molecule has 0 bridgehead atoms. The molecule has 0 saturated carbocycles. The lowest BCUT2D eigenvalue weighted by atomic mass is 10.1. The van der Waals surface area contributed by atoms with Crippen LogP contribution in [0.15, 0.2) is 48.5 Å². The van der Waals surface area contributed by atoms with E-state index in [4.69, 9.17) is 42.1 Å². The van der Waals surface area contributed by atoms with E-state index in [2.05, 4.69) is 0 Å². The summed E-state index contributed by atoms with van der Waals surface area (Å²) in [5, 5.41) is 50.2. The van der Waals surface area contributed by atoms with Gasteiger partial charge in [-0.25, -0.2) is 19.2 Å². The molecule has 2 aromatic carbocycles. The number of unbranched alkanes of at least 4 members (excludes halogenated alkanes) is 4. The second kappa shape index (κ2) is 24.0. The zero-order valence-electron chi connectivity index (χ0n) is 23.0. The quantitative estimate of drug-likeness (QED) is 0.146. The fourth-order valence-electron chi connectivity index (χ4n) is 2.74. The summed E-state index contributed by atoms with van der Waals surface area (Å²) in [5.41, 5.74) is 10.7. The van der Waals surface area contributed by atoms with E-state index < -0.39 is 35.8 Å². The number of hydrogen-bond donors (Lipinski definition) is 8. The number of aromatic carboxylic acids is 4. The Labute approximate surface area is 242 Å². The highest BCUT2D eigenvalue weighted by Gasteiger charge is 2.07. The first-order chi connectivity index (χ1) is 19.8. The Kier molecular flexibility index (Phi) is 22.5. The molecule has 2 aromatic rings. The van der Waals surface area contributed by atoms with E-state index in [0.717, 1.165) is 32.0 Å². The van der Waals surface area contributed by atoms with Crippen molar-refractivity contribution in [2.24, 2.45) is 11.5 Å². The molecule has 232 valence electrons. The number of carboxylic acid groups (broad SMARTS) is 6. The summed E-state index contributed by atoms with van der Waals surface area (Å²) < 4.78 is 0. The molecule has 14 nitrogen and oxygen atoms in total. The Morgan fingerprint density at radius 2 is 0.762 bits per heavy atom.